The number of pyridine rings is 1. The number of halogens is 1. The number of aryl methyl sites for hydroxylation is 1. The minimum Gasteiger partial charge on any atom is -0.251 e. The largest absolute Gasteiger partial charge is 0.322 e. The third-order valence-corrected chi connectivity index (χ3v) is 7.81. The number of rotatable bonds is 6. The van der Waals surface area contributed by atoms with E-state index in [1.165, 1.54) is 56.7 Å². The summed E-state index contributed by atoms with van der Waals surface area (Å²) >= 11 is 0. The minimum atomic E-state index is -3.93. The van der Waals surface area contributed by atoms with Crippen molar-refractivity contribution in [1.29, 1.82) is 0 Å². The Morgan fingerprint density at radius 2 is 1.57 bits per heavy atom. The fourth-order valence-electron chi connectivity index (χ4n) is 3.45. The number of aromatic nitrogens is 3. The molecule has 0 aliphatic carbocycles. The zero-order valence-corrected chi connectivity index (χ0v) is 20.7. The molecule has 0 radical (unpaired) electrons. The van der Waals surface area contributed by atoms with Gasteiger partial charge in [-0.2, -0.15) is 21.9 Å². The van der Waals surface area contributed by atoms with Crippen molar-refractivity contribution in [3.8, 4) is 33.6 Å². The Labute approximate surface area is 202 Å². The van der Waals surface area contributed by atoms with Gasteiger partial charge in [-0.15, -0.1) is 0 Å². The SMILES string of the molecule is Cc1cccc(-c2nn(S(=O)(=O)N(C)C)cc2-c2ccc(F)c(-c3ccc(S(N)(=O)=O)cc3)c2)n1. The molecule has 4 aromatic rings. The van der Waals surface area contributed by atoms with Crippen molar-refractivity contribution in [2.75, 3.05) is 14.1 Å². The molecule has 2 aromatic heterocycles. The van der Waals surface area contributed by atoms with Gasteiger partial charge in [-0.25, -0.2) is 17.9 Å². The summed E-state index contributed by atoms with van der Waals surface area (Å²) in [6, 6.07) is 15.1. The molecule has 0 atom stereocenters. The molecule has 2 heterocycles. The van der Waals surface area contributed by atoms with E-state index in [9.17, 15) is 21.2 Å². The lowest BCUT2D eigenvalue weighted by molar-refractivity contribution is 0.504. The van der Waals surface area contributed by atoms with Crippen LogP contribution in [0.5, 0.6) is 0 Å². The summed E-state index contributed by atoms with van der Waals surface area (Å²) in [5, 5.41) is 9.45. The molecule has 0 spiro atoms. The highest BCUT2D eigenvalue weighted by Gasteiger charge is 2.23. The average Bonchev–Trinajstić information content (AvgIpc) is 3.25. The molecule has 2 aromatic carbocycles. The fourth-order valence-corrected chi connectivity index (χ4v) is 4.73. The summed E-state index contributed by atoms with van der Waals surface area (Å²) in [7, 11) is -5.04. The molecule has 35 heavy (non-hydrogen) atoms. The molecule has 0 bridgehead atoms. The predicted octanol–water partition coefficient (Wildman–Crippen LogP) is 3.03. The van der Waals surface area contributed by atoms with E-state index >= 15 is 0 Å². The Hall–Kier alpha value is -3.45. The van der Waals surface area contributed by atoms with Crippen LogP contribution in [0.3, 0.4) is 0 Å². The summed E-state index contributed by atoms with van der Waals surface area (Å²) < 4.78 is 65.3. The maximum absolute atomic E-state index is 14.8. The molecule has 12 heteroatoms. The maximum atomic E-state index is 14.8. The van der Waals surface area contributed by atoms with Crippen LogP contribution in [0.4, 0.5) is 4.39 Å². The van der Waals surface area contributed by atoms with E-state index in [1.807, 2.05) is 0 Å². The molecule has 0 aliphatic rings. The van der Waals surface area contributed by atoms with Crippen LogP contribution < -0.4 is 5.14 Å². The molecule has 182 valence electrons. The Balaban J connectivity index is 1.91. The Morgan fingerprint density at radius 1 is 0.914 bits per heavy atom. The first kappa shape index (κ1) is 24.7. The topological polar surface area (TPSA) is 128 Å². The molecule has 9 nitrogen and oxygen atoms in total. The molecule has 4 rings (SSSR count). The molecule has 0 fully saturated rings. The first-order valence-electron chi connectivity index (χ1n) is 10.3. The van der Waals surface area contributed by atoms with Gasteiger partial charge in [0.1, 0.15) is 11.5 Å². The summed E-state index contributed by atoms with van der Waals surface area (Å²) in [6.45, 7) is 1.80. The maximum Gasteiger partial charge on any atom is 0.322 e. The standard InChI is InChI=1S/C23H22FN5O4S2/c1-15-5-4-6-22(26-15)23-20(14-29(27-23)35(32,33)28(2)3)17-9-12-21(24)19(13-17)16-7-10-18(11-8-16)34(25,30)31/h4-14H,1-3H3,(H2,25,30,31). The van der Waals surface area contributed by atoms with Gasteiger partial charge >= 0.3 is 10.2 Å². The van der Waals surface area contributed by atoms with Gasteiger partial charge in [0.15, 0.2) is 0 Å². The number of nitrogens with two attached hydrogens (primary N) is 1. The van der Waals surface area contributed by atoms with Gasteiger partial charge < -0.3 is 0 Å². The summed E-state index contributed by atoms with van der Waals surface area (Å²) in [5.41, 5.74) is 3.01. The summed E-state index contributed by atoms with van der Waals surface area (Å²) in [5.74, 6) is -0.541. The molecular weight excluding hydrogens is 493 g/mol. The van der Waals surface area contributed by atoms with Crippen LogP contribution in [-0.4, -0.2) is 49.4 Å². The first-order chi connectivity index (χ1) is 16.4. The zero-order valence-electron chi connectivity index (χ0n) is 19.0. The second-order valence-electron chi connectivity index (χ2n) is 7.98. The third kappa shape index (κ3) is 4.86. The number of benzene rings is 2. The smallest absolute Gasteiger partial charge is 0.251 e. The van der Waals surface area contributed by atoms with Crippen molar-refractivity contribution < 1.29 is 21.2 Å². The van der Waals surface area contributed by atoms with Crippen molar-refractivity contribution in [3.63, 3.8) is 0 Å². The van der Waals surface area contributed by atoms with Crippen LogP contribution in [-0.2, 0) is 20.2 Å². The fraction of sp³-hybridized carbons (Fsp3) is 0.130. The van der Waals surface area contributed by atoms with E-state index in [-0.39, 0.29) is 10.5 Å². The van der Waals surface area contributed by atoms with Crippen LogP contribution in [0.1, 0.15) is 5.69 Å². The van der Waals surface area contributed by atoms with E-state index < -0.39 is 26.0 Å². The normalized spacial score (nSPS) is 12.3. The van der Waals surface area contributed by atoms with Gasteiger partial charge in [0.05, 0.1) is 16.8 Å². The van der Waals surface area contributed by atoms with Gasteiger partial charge in [-0.05, 0) is 54.4 Å². The van der Waals surface area contributed by atoms with Gasteiger partial charge in [0.2, 0.25) is 10.0 Å². The summed E-state index contributed by atoms with van der Waals surface area (Å²) in [6.07, 6.45) is 1.36. The molecule has 0 saturated carbocycles. The van der Waals surface area contributed by atoms with Gasteiger partial charge in [-0.3, -0.25) is 4.98 Å². The van der Waals surface area contributed by atoms with Crippen LogP contribution in [0, 0.1) is 12.7 Å². The molecule has 0 saturated heterocycles. The lowest BCUT2D eigenvalue weighted by atomic mass is 9.98. The number of nitrogens with zero attached hydrogens (tertiary/aromatic N) is 4. The van der Waals surface area contributed by atoms with Crippen LogP contribution in [0.15, 0.2) is 71.8 Å². The van der Waals surface area contributed by atoms with Crippen LogP contribution >= 0.6 is 0 Å². The zero-order chi connectivity index (χ0) is 25.5. The lowest BCUT2D eigenvalue weighted by Gasteiger charge is -2.10. The molecule has 2 N–H and O–H groups in total. The Morgan fingerprint density at radius 3 is 2.17 bits per heavy atom. The van der Waals surface area contributed by atoms with Crippen molar-refractivity contribution in [2.45, 2.75) is 11.8 Å². The van der Waals surface area contributed by atoms with Crippen molar-refractivity contribution in [2.24, 2.45) is 5.14 Å². The van der Waals surface area contributed by atoms with Crippen LogP contribution in [0.25, 0.3) is 33.6 Å². The highest BCUT2D eigenvalue weighted by atomic mass is 32.2. The number of sulfonamides is 1. The van der Waals surface area contributed by atoms with E-state index in [2.05, 4.69) is 10.1 Å². The number of primary sulfonamides is 1. The molecule has 0 aliphatic heterocycles. The van der Waals surface area contributed by atoms with Gasteiger partial charge in [0.25, 0.3) is 0 Å². The number of hydrogen-bond donors (Lipinski definition) is 1. The molecule has 0 unspecified atom stereocenters. The quantitative estimate of drug-likeness (QED) is 0.420. The highest BCUT2D eigenvalue weighted by molar-refractivity contribution is 7.89. The van der Waals surface area contributed by atoms with Crippen LogP contribution in [0.2, 0.25) is 0 Å². The monoisotopic (exact) mass is 515 g/mol. The molecule has 0 amide bonds. The predicted molar refractivity (Wildman–Crippen MR) is 130 cm³/mol. The van der Waals surface area contributed by atoms with Crippen molar-refractivity contribution in [3.05, 3.63) is 78.4 Å². The summed E-state index contributed by atoms with van der Waals surface area (Å²) in [4.78, 5) is 4.38. The van der Waals surface area contributed by atoms with E-state index in [0.717, 1.165) is 8.39 Å². The van der Waals surface area contributed by atoms with E-state index in [1.54, 1.807) is 31.2 Å². The highest BCUT2D eigenvalue weighted by Crippen LogP contribution is 2.34. The average molecular weight is 516 g/mol. The second kappa shape index (κ2) is 8.96. The first-order valence-corrected chi connectivity index (χ1v) is 13.2. The number of hydrogen-bond acceptors (Lipinski definition) is 6. The Kier molecular flexibility index (Phi) is 6.32. The lowest BCUT2D eigenvalue weighted by Crippen LogP contribution is -2.29. The van der Waals surface area contributed by atoms with Crippen molar-refractivity contribution >= 4 is 20.2 Å². The Bertz CT molecular complexity index is 1630. The molecular formula is C23H22FN5O4S2. The van der Waals surface area contributed by atoms with E-state index in [0.29, 0.717) is 33.8 Å². The van der Waals surface area contributed by atoms with Gasteiger partial charge in [-0.1, -0.05) is 24.3 Å². The minimum absolute atomic E-state index is 0.0965. The van der Waals surface area contributed by atoms with Crippen molar-refractivity contribution in [1.82, 2.24) is 18.5 Å². The third-order valence-electron chi connectivity index (χ3n) is 5.29. The second-order valence-corrected chi connectivity index (χ2v) is 11.5. The van der Waals surface area contributed by atoms with E-state index in [4.69, 9.17) is 5.14 Å². The van der Waals surface area contributed by atoms with Gasteiger partial charge in [0, 0.05) is 30.9 Å².